The number of imidazole rings is 1. The maximum atomic E-state index is 14.7. The van der Waals surface area contributed by atoms with Crippen LogP contribution in [0.3, 0.4) is 0 Å². The highest BCUT2D eigenvalue weighted by Gasteiger charge is 2.39. The van der Waals surface area contributed by atoms with Gasteiger partial charge in [-0.2, -0.15) is 0 Å². The number of para-hydroxylation sites is 1. The van der Waals surface area contributed by atoms with Crippen molar-refractivity contribution in [2.45, 2.75) is 139 Å². The van der Waals surface area contributed by atoms with Crippen molar-refractivity contribution in [2.24, 2.45) is 34.6 Å². The first kappa shape index (κ1) is 64.9. The van der Waals surface area contributed by atoms with Crippen molar-refractivity contribution >= 4 is 75.9 Å². The van der Waals surface area contributed by atoms with Crippen molar-refractivity contribution in [3.05, 3.63) is 90.1 Å². The fourth-order valence-electron chi connectivity index (χ4n) is 9.54. The number of carbonyl (C=O) groups is 10. The van der Waals surface area contributed by atoms with E-state index >= 15 is 0 Å². The minimum absolute atomic E-state index is 0.0860. The molecule has 4 aromatic rings. The van der Waals surface area contributed by atoms with Crippen LogP contribution in [0.15, 0.2) is 73.3 Å². The SMILES string of the molecule is CC(C)[C@H](NC(=O)[C@@H]1CCCN1C(=O)[C@H](CCCCN)NC(=O)CNC(=O)[C@H](Cc1c[nH]c2ccccc12)NC(=O)[C@H](CCCNC(=N)N)NC(=O)[C@@H](Cc1ccccc1)NC(=O)[C@H](Cc1c[nH]cn1)NC(=O)[C@@H](N)CCC(N)=O)C(N)=O. The number of likely N-dealkylation sites (tertiary alicyclic amines) is 1. The summed E-state index contributed by atoms with van der Waals surface area (Å²) in [6.07, 6.45) is 5.85. The van der Waals surface area contributed by atoms with Crippen LogP contribution in [0.2, 0.25) is 0 Å². The van der Waals surface area contributed by atoms with Crippen LogP contribution in [0.5, 0.6) is 0 Å². The lowest BCUT2D eigenvalue weighted by Gasteiger charge is -2.30. The number of benzene rings is 2. The summed E-state index contributed by atoms with van der Waals surface area (Å²) in [6, 6.07) is 6.12. The van der Waals surface area contributed by atoms with Gasteiger partial charge in [-0.15, -0.1) is 0 Å². The van der Waals surface area contributed by atoms with E-state index in [1.54, 1.807) is 56.4 Å². The Bertz CT molecular complexity index is 2860. The summed E-state index contributed by atoms with van der Waals surface area (Å²) in [5.41, 5.74) is 30.5. The molecule has 0 spiro atoms. The maximum Gasteiger partial charge on any atom is 0.245 e. The summed E-state index contributed by atoms with van der Waals surface area (Å²) in [5.74, 6) is -8.00. The number of nitrogens with zero attached hydrogens (tertiary/aromatic N) is 2. The average Bonchev–Trinajstić information content (AvgIpc) is 4.47. The molecule has 5 rings (SSSR count). The number of aromatic nitrogens is 3. The summed E-state index contributed by atoms with van der Waals surface area (Å²) in [6.45, 7) is 3.40. The molecule has 0 saturated carbocycles. The highest BCUT2D eigenvalue weighted by Crippen LogP contribution is 2.22. The number of aromatic amines is 2. The number of nitrogens with two attached hydrogens (primary N) is 5. The van der Waals surface area contributed by atoms with Crippen molar-refractivity contribution in [1.82, 2.24) is 62.4 Å². The van der Waals surface area contributed by atoms with E-state index in [-0.39, 0.29) is 76.3 Å². The Kier molecular flexibility index (Phi) is 25.4. The highest BCUT2D eigenvalue weighted by molar-refractivity contribution is 5.98. The van der Waals surface area contributed by atoms with E-state index < -0.39 is 114 Å². The zero-order valence-corrected chi connectivity index (χ0v) is 46.8. The van der Waals surface area contributed by atoms with E-state index in [1.165, 1.54) is 17.4 Å². The molecule has 28 nitrogen and oxygen atoms in total. The maximum absolute atomic E-state index is 14.7. The quantitative estimate of drug-likeness (QED) is 0.0126. The summed E-state index contributed by atoms with van der Waals surface area (Å²) in [4.78, 5) is 148. The second-order valence-corrected chi connectivity index (χ2v) is 20.8. The van der Waals surface area contributed by atoms with Crippen molar-refractivity contribution in [1.29, 1.82) is 5.41 Å². The van der Waals surface area contributed by atoms with Gasteiger partial charge < -0.3 is 86.1 Å². The van der Waals surface area contributed by atoms with Gasteiger partial charge in [0.2, 0.25) is 59.1 Å². The van der Waals surface area contributed by atoms with E-state index in [1.807, 2.05) is 18.2 Å². The Morgan fingerprint density at radius 1 is 0.699 bits per heavy atom. The Labute approximate surface area is 480 Å². The molecule has 8 atom stereocenters. The lowest BCUT2D eigenvalue weighted by atomic mass is 10.0. The number of nitrogens with one attached hydrogen (secondary N) is 11. The van der Waals surface area contributed by atoms with Crippen LogP contribution >= 0.6 is 0 Å². The van der Waals surface area contributed by atoms with Gasteiger partial charge in [-0.25, -0.2) is 4.98 Å². The number of rotatable bonds is 34. The van der Waals surface area contributed by atoms with E-state index in [0.29, 0.717) is 49.0 Å². The fourth-order valence-corrected chi connectivity index (χ4v) is 9.54. The van der Waals surface area contributed by atoms with Crippen molar-refractivity contribution in [3.8, 4) is 0 Å². The van der Waals surface area contributed by atoms with Gasteiger partial charge in [0.15, 0.2) is 5.96 Å². The predicted octanol–water partition coefficient (Wildman–Crippen LogP) is -2.94. The third kappa shape index (κ3) is 20.5. The topological polar surface area (TPSA) is 469 Å². The summed E-state index contributed by atoms with van der Waals surface area (Å²) in [7, 11) is 0. The van der Waals surface area contributed by atoms with Crippen molar-refractivity contribution in [2.75, 3.05) is 26.2 Å². The molecule has 0 radical (unpaired) electrons. The number of fused-ring (bicyclic) bond motifs is 1. The molecular weight excluding hydrogens is 1070 g/mol. The first-order chi connectivity index (χ1) is 39.6. The molecule has 21 N–H and O–H groups in total. The first-order valence-corrected chi connectivity index (χ1v) is 27.7. The zero-order chi connectivity index (χ0) is 60.6. The average molecular weight is 1150 g/mol. The number of hydrogen-bond donors (Lipinski definition) is 16. The molecule has 2 aromatic carbocycles. The predicted molar refractivity (Wildman–Crippen MR) is 306 cm³/mol. The lowest BCUT2D eigenvalue weighted by Crippen LogP contribution is -2.60. The molecule has 450 valence electrons. The molecule has 1 saturated heterocycles. The molecule has 1 aliphatic heterocycles. The lowest BCUT2D eigenvalue weighted by molar-refractivity contribution is -0.142. The molecule has 0 aliphatic carbocycles. The third-order valence-corrected chi connectivity index (χ3v) is 14.0. The summed E-state index contributed by atoms with van der Waals surface area (Å²) in [5, 5.41) is 29.9. The van der Waals surface area contributed by atoms with Crippen LogP contribution in [0, 0.1) is 11.3 Å². The van der Waals surface area contributed by atoms with Crippen molar-refractivity contribution < 1.29 is 47.9 Å². The Hall–Kier alpha value is -8.92. The Morgan fingerprint density at radius 3 is 1.99 bits per heavy atom. The van der Waals surface area contributed by atoms with Crippen LogP contribution in [-0.2, 0) is 67.2 Å². The number of H-pyrrole nitrogens is 2. The van der Waals surface area contributed by atoms with Gasteiger partial charge in [-0.05, 0) is 81.0 Å². The molecule has 10 amide bonds. The van der Waals surface area contributed by atoms with Gasteiger partial charge in [0.1, 0.15) is 42.3 Å². The molecule has 83 heavy (non-hydrogen) atoms. The molecule has 0 bridgehead atoms. The second-order valence-electron chi connectivity index (χ2n) is 20.8. The number of guanidine groups is 1. The monoisotopic (exact) mass is 1150 g/mol. The fraction of sp³-hybridized carbons (Fsp3) is 0.491. The van der Waals surface area contributed by atoms with Crippen LogP contribution in [0.25, 0.3) is 10.9 Å². The van der Waals surface area contributed by atoms with E-state index in [4.69, 9.17) is 34.1 Å². The largest absolute Gasteiger partial charge is 0.370 e. The Morgan fingerprint density at radius 2 is 1.34 bits per heavy atom. The van der Waals surface area contributed by atoms with E-state index in [0.717, 1.165) is 10.9 Å². The number of carbonyl (C=O) groups excluding carboxylic acids is 10. The molecular formula is C55H80N18O10. The van der Waals surface area contributed by atoms with Crippen LogP contribution < -0.4 is 71.2 Å². The number of hydrogen-bond acceptors (Lipinski definition) is 14. The standard InChI is InChI=1S/C55H80N18O10/c1-31(2)46(47(59)76)72-53(82)43-18-11-23-73(43)54(83)39(16-8-9-21-56)67-45(75)29-65-49(78)41(25-33-27-64-37-15-7-6-14-35(33)37)71-50(79)38(17-10-22-63-55(60)61)68-51(80)40(24-32-12-4-3-5-13-32)70-52(81)42(26-34-28-62-30-66-34)69-48(77)36(57)19-20-44(58)74/h3-7,12-15,27-28,30-31,36,38-43,46,64H,8-11,16-26,29,56-57H2,1-2H3,(H2,58,74)(H2,59,76)(H,62,66)(H,65,78)(H,67,75)(H,68,80)(H,69,77)(H,70,81)(H,71,79)(H,72,82)(H4,60,61,63)/t36-,38-,39-,40+,41-,42-,43-,46-/m0/s1. The van der Waals surface area contributed by atoms with Gasteiger partial charge in [-0.3, -0.25) is 53.4 Å². The minimum atomic E-state index is -1.40. The first-order valence-electron chi connectivity index (χ1n) is 27.7. The van der Waals surface area contributed by atoms with Crippen LogP contribution in [-0.4, -0.2) is 159 Å². The highest BCUT2D eigenvalue weighted by atomic mass is 16.2. The third-order valence-electron chi connectivity index (χ3n) is 14.0. The van der Waals surface area contributed by atoms with Gasteiger partial charge in [0, 0.05) is 62.1 Å². The van der Waals surface area contributed by atoms with Gasteiger partial charge >= 0.3 is 0 Å². The molecule has 28 heteroatoms. The smallest absolute Gasteiger partial charge is 0.245 e. The van der Waals surface area contributed by atoms with Gasteiger partial charge in [0.05, 0.1) is 24.6 Å². The second kappa shape index (κ2) is 32.5. The molecule has 1 fully saturated rings. The van der Waals surface area contributed by atoms with Gasteiger partial charge in [-0.1, -0.05) is 62.4 Å². The summed E-state index contributed by atoms with van der Waals surface area (Å²) >= 11 is 0. The summed E-state index contributed by atoms with van der Waals surface area (Å²) < 4.78 is 0. The Balaban J connectivity index is 1.39. The minimum Gasteiger partial charge on any atom is -0.370 e. The molecule has 0 unspecified atom stereocenters. The number of primary amides is 2. The van der Waals surface area contributed by atoms with Gasteiger partial charge in [0.25, 0.3) is 0 Å². The van der Waals surface area contributed by atoms with E-state index in [2.05, 4.69) is 57.5 Å². The van der Waals surface area contributed by atoms with E-state index in [9.17, 15) is 47.9 Å². The van der Waals surface area contributed by atoms with Crippen LogP contribution in [0.1, 0.15) is 88.5 Å². The van der Waals surface area contributed by atoms with Crippen LogP contribution in [0.4, 0.5) is 0 Å². The molecule has 1 aliphatic rings. The molecule has 2 aromatic heterocycles. The zero-order valence-electron chi connectivity index (χ0n) is 46.8. The number of unbranched alkanes of at least 4 members (excludes halogenated alkanes) is 1. The molecule has 3 heterocycles. The normalized spacial score (nSPS) is 15.5. The van der Waals surface area contributed by atoms with Crippen molar-refractivity contribution in [3.63, 3.8) is 0 Å². The number of amides is 10.